The van der Waals surface area contributed by atoms with E-state index in [2.05, 4.69) is 10.6 Å². The molecule has 22 heavy (non-hydrogen) atoms. The van der Waals surface area contributed by atoms with Gasteiger partial charge in [0.25, 0.3) is 0 Å². The lowest BCUT2D eigenvalue weighted by atomic mass is 9.87. The van der Waals surface area contributed by atoms with Crippen LogP contribution in [0.3, 0.4) is 0 Å². The van der Waals surface area contributed by atoms with Gasteiger partial charge in [0.15, 0.2) is 0 Å². The number of aliphatic hydroxyl groups is 1. The molecule has 5 heteroatoms. The second kappa shape index (κ2) is 8.63. The number of hydrogen-bond donors (Lipinski definition) is 3. The standard InChI is InChI=1S/C17H26N2O3/c1-13-4-2-3-5-16(13)22-11-10-18-17(21)19-15-8-6-14(12-20)7-9-15/h2-5,14-15,20H,6-12H2,1H3,(H2,18,19,21). The lowest BCUT2D eigenvalue weighted by Crippen LogP contribution is -2.44. The van der Waals surface area contributed by atoms with E-state index in [9.17, 15) is 4.79 Å². The smallest absolute Gasteiger partial charge is 0.315 e. The summed E-state index contributed by atoms with van der Waals surface area (Å²) in [6.45, 7) is 3.19. The number of ether oxygens (including phenoxy) is 1. The van der Waals surface area contributed by atoms with E-state index in [4.69, 9.17) is 9.84 Å². The van der Waals surface area contributed by atoms with Crippen LogP contribution in [0.15, 0.2) is 24.3 Å². The van der Waals surface area contributed by atoms with Crippen LogP contribution in [0, 0.1) is 12.8 Å². The topological polar surface area (TPSA) is 70.6 Å². The predicted octanol–water partition coefficient (Wildman–Crippen LogP) is 2.22. The molecule has 1 fully saturated rings. The molecule has 0 heterocycles. The zero-order valence-electron chi connectivity index (χ0n) is 13.2. The average molecular weight is 306 g/mol. The molecular weight excluding hydrogens is 280 g/mol. The Hall–Kier alpha value is -1.75. The van der Waals surface area contributed by atoms with E-state index >= 15 is 0 Å². The number of rotatable bonds is 6. The maximum Gasteiger partial charge on any atom is 0.315 e. The Kier molecular flexibility index (Phi) is 6.52. The summed E-state index contributed by atoms with van der Waals surface area (Å²) >= 11 is 0. The Morgan fingerprint density at radius 3 is 2.68 bits per heavy atom. The van der Waals surface area contributed by atoms with E-state index in [1.54, 1.807) is 0 Å². The Morgan fingerprint density at radius 1 is 1.27 bits per heavy atom. The van der Waals surface area contributed by atoms with Crippen LogP contribution in [0.5, 0.6) is 5.75 Å². The summed E-state index contributed by atoms with van der Waals surface area (Å²) in [5.41, 5.74) is 1.09. The van der Waals surface area contributed by atoms with Crippen molar-refractivity contribution in [2.24, 2.45) is 5.92 Å². The van der Waals surface area contributed by atoms with Gasteiger partial charge < -0.3 is 20.5 Å². The highest BCUT2D eigenvalue weighted by molar-refractivity contribution is 5.74. The number of carbonyl (C=O) groups is 1. The fraction of sp³-hybridized carbons (Fsp3) is 0.588. The van der Waals surface area contributed by atoms with Crippen LogP contribution in [-0.4, -0.2) is 36.9 Å². The summed E-state index contributed by atoms with van der Waals surface area (Å²) in [6, 6.07) is 7.92. The predicted molar refractivity (Wildman–Crippen MR) is 86.0 cm³/mol. The van der Waals surface area contributed by atoms with Crippen molar-refractivity contribution in [1.82, 2.24) is 10.6 Å². The highest BCUT2D eigenvalue weighted by Gasteiger charge is 2.21. The van der Waals surface area contributed by atoms with Crippen LogP contribution < -0.4 is 15.4 Å². The third-order valence-electron chi connectivity index (χ3n) is 4.18. The number of benzene rings is 1. The second-order valence-electron chi connectivity index (χ2n) is 5.91. The van der Waals surface area contributed by atoms with Crippen molar-refractivity contribution >= 4 is 6.03 Å². The highest BCUT2D eigenvalue weighted by Crippen LogP contribution is 2.23. The summed E-state index contributed by atoms with van der Waals surface area (Å²) in [7, 11) is 0. The Morgan fingerprint density at radius 2 is 2.00 bits per heavy atom. The van der Waals surface area contributed by atoms with Gasteiger partial charge in [0, 0.05) is 12.6 Å². The average Bonchev–Trinajstić information content (AvgIpc) is 2.54. The van der Waals surface area contributed by atoms with Gasteiger partial charge in [-0.25, -0.2) is 4.79 Å². The first kappa shape index (κ1) is 16.6. The van der Waals surface area contributed by atoms with Gasteiger partial charge in [-0.3, -0.25) is 0 Å². The van der Waals surface area contributed by atoms with Gasteiger partial charge in [-0.1, -0.05) is 18.2 Å². The lowest BCUT2D eigenvalue weighted by Gasteiger charge is -2.27. The van der Waals surface area contributed by atoms with Crippen LogP contribution in [0.4, 0.5) is 4.79 Å². The van der Waals surface area contributed by atoms with Gasteiger partial charge in [-0.2, -0.15) is 0 Å². The molecule has 122 valence electrons. The molecule has 3 N–H and O–H groups in total. The molecule has 1 saturated carbocycles. The molecule has 1 aliphatic carbocycles. The summed E-state index contributed by atoms with van der Waals surface area (Å²) < 4.78 is 5.64. The molecule has 0 aromatic heterocycles. The van der Waals surface area contributed by atoms with Gasteiger partial charge in [0.1, 0.15) is 12.4 Å². The van der Waals surface area contributed by atoms with E-state index in [0.29, 0.717) is 19.1 Å². The highest BCUT2D eigenvalue weighted by atomic mass is 16.5. The third kappa shape index (κ3) is 5.22. The van der Waals surface area contributed by atoms with Crippen LogP contribution in [0.25, 0.3) is 0 Å². The quantitative estimate of drug-likeness (QED) is 0.706. The van der Waals surface area contributed by atoms with E-state index in [-0.39, 0.29) is 18.7 Å². The van der Waals surface area contributed by atoms with Crippen molar-refractivity contribution < 1.29 is 14.6 Å². The molecule has 1 aromatic rings. The van der Waals surface area contributed by atoms with Crippen molar-refractivity contribution in [1.29, 1.82) is 0 Å². The number of aliphatic hydroxyl groups excluding tert-OH is 1. The van der Waals surface area contributed by atoms with Gasteiger partial charge in [-0.15, -0.1) is 0 Å². The minimum atomic E-state index is -0.138. The molecule has 5 nitrogen and oxygen atoms in total. The van der Waals surface area contributed by atoms with Crippen molar-refractivity contribution in [2.75, 3.05) is 19.8 Å². The van der Waals surface area contributed by atoms with Crippen LogP contribution >= 0.6 is 0 Å². The van der Waals surface area contributed by atoms with E-state index in [1.807, 2.05) is 31.2 Å². The molecule has 0 unspecified atom stereocenters. The molecule has 0 radical (unpaired) electrons. The number of aryl methyl sites for hydroxylation is 1. The molecule has 0 aliphatic heterocycles. The molecule has 0 bridgehead atoms. The first-order valence-electron chi connectivity index (χ1n) is 8.02. The van der Waals surface area contributed by atoms with Crippen LogP contribution in [-0.2, 0) is 0 Å². The van der Waals surface area contributed by atoms with Gasteiger partial charge in [0.05, 0.1) is 6.54 Å². The number of nitrogens with one attached hydrogen (secondary N) is 2. The van der Waals surface area contributed by atoms with Crippen molar-refractivity contribution in [2.45, 2.75) is 38.6 Å². The van der Waals surface area contributed by atoms with Crippen LogP contribution in [0.1, 0.15) is 31.2 Å². The number of carbonyl (C=O) groups excluding carboxylic acids is 1. The summed E-state index contributed by atoms with van der Waals surface area (Å²) in [4.78, 5) is 11.8. The van der Waals surface area contributed by atoms with E-state index < -0.39 is 0 Å². The SMILES string of the molecule is Cc1ccccc1OCCNC(=O)NC1CCC(CO)CC1. The summed E-state index contributed by atoms with van der Waals surface area (Å²) in [5, 5.41) is 14.9. The Balaban J connectivity index is 1.59. The fourth-order valence-corrected chi connectivity index (χ4v) is 2.77. The first-order valence-corrected chi connectivity index (χ1v) is 8.02. The molecule has 0 saturated heterocycles. The largest absolute Gasteiger partial charge is 0.491 e. The van der Waals surface area contributed by atoms with Gasteiger partial charge >= 0.3 is 6.03 Å². The fourth-order valence-electron chi connectivity index (χ4n) is 2.77. The number of hydrogen-bond acceptors (Lipinski definition) is 3. The molecule has 1 aliphatic rings. The maximum atomic E-state index is 11.8. The van der Waals surface area contributed by atoms with Crippen molar-refractivity contribution in [3.63, 3.8) is 0 Å². The van der Waals surface area contributed by atoms with E-state index in [0.717, 1.165) is 37.0 Å². The van der Waals surface area contributed by atoms with Crippen LogP contribution in [0.2, 0.25) is 0 Å². The van der Waals surface area contributed by atoms with Crippen molar-refractivity contribution in [3.8, 4) is 5.75 Å². The third-order valence-corrected chi connectivity index (χ3v) is 4.18. The minimum Gasteiger partial charge on any atom is -0.491 e. The summed E-state index contributed by atoms with van der Waals surface area (Å²) in [5.74, 6) is 1.26. The number of urea groups is 1. The zero-order chi connectivity index (χ0) is 15.8. The molecule has 0 spiro atoms. The molecule has 1 aromatic carbocycles. The van der Waals surface area contributed by atoms with E-state index in [1.165, 1.54) is 0 Å². The summed E-state index contributed by atoms with van der Waals surface area (Å²) in [6.07, 6.45) is 3.85. The number of para-hydroxylation sites is 1. The maximum absolute atomic E-state index is 11.8. The van der Waals surface area contributed by atoms with Gasteiger partial charge in [0.2, 0.25) is 0 Å². The normalized spacial score (nSPS) is 21.2. The van der Waals surface area contributed by atoms with Gasteiger partial charge in [-0.05, 0) is 50.2 Å². The zero-order valence-corrected chi connectivity index (χ0v) is 13.2. The lowest BCUT2D eigenvalue weighted by molar-refractivity contribution is 0.174. The Labute approximate surface area is 132 Å². The molecule has 0 atom stereocenters. The minimum absolute atomic E-state index is 0.138. The first-order chi connectivity index (χ1) is 10.7. The van der Waals surface area contributed by atoms with Crippen molar-refractivity contribution in [3.05, 3.63) is 29.8 Å². The number of amides is 2. The second-order valence-corrected chi connectivity index (χ2v) is 5.91. The Bertz CT molecular complexity index is 471. The molecular formula is C17H26N2O3. The monoisotopic (exact) mass is 306 g/mol. The molecule has 2 amide bonds. The molecule has 2 rings (SSSR count).